The van der Waals surface area contributed by atoms with Gasteiger partial charge in [0.15, 0.2) is 5.78 Å². The Bertz CT molecular complexity index is 367. The maximum Gasteiger partial charge on any atom is 0.392 e. The minimum atomic E-state index is -4.32. The summed E-state index contributed by atoms with van der Waals surface area (Å²) in [4.78, 5) is 24.9. The van der Waals surface area contributed by atoms with E-state index in [9.17, 15) is 22.8 Å². The molecule has 19 heavy (non-hydrogen) atoms. The number of likely N-dealkylation sites (tertiary alicyclic amines) is 1. The van der Waals surface area contributed by atoms with E-state index in [1.807, 2.05) is 0 Å². The number of hydrogen-bond acceptors (Lipinski definition) is 2. The lowest BCUT2D eigenvalue weighted by Gasteiger charge is -2.36. The van der Waals surface area contributed by atoms with Crippen LogP contribution in [0.2, 0.25) is 0 Å². The topological polar surface area (TPSA) is 37.4 Å². The number of ketones is 1. The normalized spacial score (nSPS) is 29.4. The number of halogens is 3. The van der Waals surface area contributed by atoms with Gasteiger partial charge < -0.3 is 4.90 Å². The molecule has 6 heteroatoms. The molecule has 1 aliphatic heterocycles. The van der Waals surface area contributed by atoms with Crippen LogP contribution in [0.5, 0.6) is 0 Å². The molecule has 0 radical (unpaired) electrons. The van der Waals surface area contributed by atoms with Crippen LogP contribution in [-0.2, 0) is 9.59 Å². The molecule has 0 N–H and O–H groups in total. The van der Waals surface area contributed by atoms with Gasteiger partial charge in [-0.15, -0.1) is 0 Å². The van der Waals surface area contributed by atoms with Crippen LogP contribution in [0.4, 0.5) is 13.2 Å². The van der Waals surface area contributed by atoms with Crippen LogP contribution in [-0.4, -0.2) is 35.9 Å². The summed E-state index contributed by atoms with van der Waals surface area (Å²) in [7, 11) is 0. The Morgan fingerprint density at radius 1 is 1.16 bits per heavy atom. The van der Waals surface area contributed by atoms with E-state index in [2.05, 4.69) is 0 Å². The van der Waals surface area contributed by atoms with Gasteiger partial charge in [0.2, 0.25) is 5.91 Å². The Balaban J connectivity index is 2.09. The summed E-state index contributed by atoms with van der Waals surface area (Å²) in [5, 5.41) is 0. The molecule has 0 bridgehead atoms. The van der Waals surface area contributed by atoms with Gasteiger partial charge in [0.05, 0.1) is 12.5 Å². The number of carbonyl (C=O) groups excluding carboxylic acids is 2. The fraction of sp³-hybridized carbons (Fsp3) is 0.846. The zero-order valence-corrected chi connectivity index (χ0v) is 10.7. The maximum atomic E-state index is 13.0. The van der Waals surface area contributed by atoms with Crippen LogP contribution in [0.1, 0.15) is 38.5 Å². The number of nitrogens with zero attached hydrogens (tertiary/aromatic N) is 1. The Labute approximate surface area is 110 Å². The minimum absolute atomic E-state index is 0.0140. The summed E-state index contributed by atoms with van der Waals surface area (Å²) in [5.74, 6) is -3.06. The van der Waals surface area contributed by atoms with E-state index in [0.717, 1.165) is 0 Å². The molecule has 0 aromatic rings. The number of rotatable bonds is 1. The average Bonchev–Trinajstić information content (AvgIpc) is 2.37. The highest BCUT2D eigenvalue weighted by atomic mass is 19.4. The van der Waals surface area contributed by atoms with E-state index < -0.39 is 23.9 Å². The predicted molar refractivity (Wildman–Crippen MR) is 62.3 cm³/mol. The van der Waals surface area contributed by atoms with Gasteiger partial charge in [0, 0.05) is 18.9 Å². The zero-order valence-electron chi connectivity index (χ0n) is 10.7. The number of carbonyl (C=O) groups is 2. The summed E-state index contributed by atoms with van der Waals surface area (Å²) in [6, 6.07) is 0. The van der Waals surface area contributed by atoms with Crippen LogP contribution in [0.3, 0.4) is 0 Å². The molecule has 1 heterocycles. The number of amides is 1. The van der Waals surface area contributed by atoms with Crippen molar-refractivity contribution in [3.63, 3.8) is 0 Å². The second kappa shape index (κ2) is 5.51. The average molecular weight is 277 g/mol. The van der Waals surface area contributed by atoms with Crippen LogP contribution in [0.15, 0.2) is 0 Å². The van der Waals surface area contributed by atoms with Crippen molar-refractivity contribution in [3.05, 3.63) is 0 Å². The summed E-state index contributed by atoms with van der Waals surface area (Å²) in [6.07, 6.45) is -1.83. The van der Waals surface area contributed by atoms with Crippen molar-refractivity contribution in [1.29, 1.82) is 0 Å². The molecule has 0 aromatic carbocycles. The lowest BCUT2D eigenvalue weighted by molar-refractivity contribution is -0.201. The number of hydrogen-bond donors (Lipinski definition) is 0. The van der Waals surface area contributed by atoms with Crippen molar-refractivity contribution in [3.8, 4) is 0 Å². The molecular weight excluding hydrogens is 259 g/mol. The number of Topliss-reactive ketones (excluding diaryl/α,β-unsaturated/α-hetero) is 1. The molecule has 2 unspecified atom stereocenters. The standard InChI is InChI=1S/C13H18F3NO2/c14-13(15,16)11-6-2-1-5-10(11)12(19)17-7-3-4-9(18)8-17/h10-11H,1-8H2. The minimum Gasteiger partial charge on any atom is -0.335 e. The monoisotopic (exact) mass is 277 g/mol. The first-order chi connectivity index (χ1) is 8.89. The van der Waals surface area contributed by atoms with Gasteiger partial charge >= 0.3 is 6.18 Å². The summed E-state index contributed by atoms with van der Waals surface area (Å²) in [5.41, 5.74) is 0. The lowest BCUT2D eigenvalue weighted by atomic mass is 9.77. The van der Waals surface area contributed by atoms with Gasteiger partial charge in [0.25, 0.3) is 0 Å². The number of alkyl halides is 3. The third kappa shape index (κ3) is 3.28. The molecule has 1 aliphatic carbocycles. The van der Waals surface area contributed by atoms with Gasteiger partial charge in [-0.25, -0.2) is 0 Å². The van der Waals surface area contributed by atoms with Crippen LogP contribution in [0, 0.1) is 11.8 Å². The number of piperidine rings is 1. The second-order valence-electron chi connectivity index (χ2n) is 5.44. The SMILES string of the molecule is O=C1CCCN(C(=O)C2CCCCC2C(F)(F)F)C1. The summed E-state index contributed by atoms with van der Waals surface area (Å²) < 4.78 is 38.9. The summed E-state index contributed by atoms with van der Waals surface area (Å²) >= 11 is 0. The van der Waals surface area contributed by atoms with Crippen LogP contribution in [0.25, 0.3) is 0 Å². The van der Waals surface area contributed by atoms with Gasteiger partial charge in [-0.2, -0.15) is 13.2 Å². The highest BCUT2D eigenvalue weighted by Crippen LogP contribution is 2.42. The third-order valence-electron chi connectivity index (χ3n) is 4.07. The first-order valence-corrected chi connectivity index (χ1v) is 6.77. The van der Waals surface area contributed by atoms with Crippen molar-refractivity contribution >= 4 is 11.7 Å². The van der Waals surface area contributed by atoms with Crippen molar-refractivity contribution in [2.45, 2.75) is 44.7 Å². The quantitative estimate of drug-likeness (QED) is 0.738. The van der Waals surface area contributed by atoms with E-state index in [0.29, 0.717) is 32.2 Å². The van der Waals surface area contributed by atoms with E-state index >= 15 is 0 Å². The molecule has 108 valence electrons. The molecule has 2 rings (SSSR count). The second-order valence-corrected chi connectivity index (χ2v) is 5.44. The van der Waals surface area contributed by atoms with Gasteiger partial charge in [0.1, 0.15) is 0 Å². The van der Waals surface area contributed by atoms with E-state index in [-0.39, 0.29) is 25.2 Å². The Morgan fingerprint density at radius 3 is 2.47 bits per heavy atom. The third-order valence-corrected chi connectivity index (χ3v) is 4.07. The van der Waals surface area contributed by atoms with Crippen LogP contribution >= 0.6 is 0 Å². The molecule has 1 amide bonds. The first kappa shape index (κ1) is 14.3. The molecule has 1 saturated heterocycles. The highest BCUT2D eigenvalue weighted by Gasteiger charge is 2.49. The zero-order chi connectivity index (χ0) is 14.0. The maximum absolute atomic E-state index is 13.0. The highest BCUT2D eigenvalue weighted by molar-refractivity contribution is 5.88. The van der Waals surface area contributed by atoms with Gasteiger partial charge in [-0.1, -0.05) is 12.8 Å². The summed E-state index contributed by atoms with van der Waals surface area (Å²) in [6.45, 7) is 0.394. The van der Waals surface area contributed by atoms with Crippen molar-refractivity contribution < 1.29 is 22.8 Å². The molecule has 2 fully saturated rings. The molecule has 2 aliphatic rings. The van der Waals surface area contributed by atoms with E-state index in [1.54, 1.807) is 0 Å². The van der Waals surface area contributed by atoms with Crippen molar-refractivity contribution in [2.24, 2.45) is 11.8 Å². The van der Waals surface area contributed by atoms with E-state index in [1.165, 1.54) is 4.90 Å². The molecule has 0 spiro atoms. The van der Waals surface area contributed by atoms with Crippen molar-refractivity contribution in [1.82, 2.24) is 4.90 Å². The molecule has 3 nitrogen and oxygen atoms in total. The molecule has 1 saturated carbocycles. The van der Waals surface area contributed by atoms with Gasteiger partial charge in [-0.05, 0) is 19.3 Å². The first-order valence-electron chi connectivity index (χ1n) is 6.77. The van der Waals surface area contributed by atoms with E-state index in [4.69, 9.17) is 0 Å². The largest absolute Gasteiger partial charge is 0.392 e. The Morgan fingerprint density at radius 2 is 1.84 bits per heavy atom. The fourth-order valence-electron chi connectivity index (χ4n) is 3.08. The van der Waals surface area contributed by atoms with Crippen LogP contribution < -0.4 is 0 Å². The molecular formula is C13H18F3NO2. The van der Waals surface area contributed by atoms with Crippen molar-refractivity contribution in [2.75, 3.05) is 13.1 Å². The molecule has 0 aromatic heterocycles. The van der Waals surface area contributed by atoms with Gasteiger partial charge in [-0.3, -0.25) is 9.59 Å². The molecule has 2 atom stereocenters. The smallest absolute Gasteiger partial charge is 0.335 e. The lowest BCUT2D eigenvalue weighted by Crippen LogP contribution is -2.48. The fourth-order valence-corrected chi connectivity index (χ4v) is 3.08. The predicted octanol–water partition coefficient (Wildman–Crippen LogP) is 2.55. The Kier molecular flexibility index (Phi) is 4.16. The Hall–Kier alpha value is -1.07.